The van der Waals surface area contributed by atoms with Gasteiger partial charge in [0.15, 0.2) is 0 Å². The molecule has 0 spiro atoms. The molecular weight excluding hydrogens is 326 g/mol. The lowest BCUT2D eigenvalue weighted by atomic mass is 10.1. The Labute approximate surface area is 143 Å². The number of hydrogen-bond acceptors (Lipinski definition) is 4. The number of aryl methyl sites for hydroxylation is 1. The van der Waals surface area contributed by atoms with Crippen LogP contribution in [0.3, 0.4) is 0 Å². The summed E-state index contributed by atoms with van der Waals surface area (Å²) < 4.78 is 29.9. The van der Waals surface area contributed by atoms with Crippen molar-refractivity contribution in [3.63, 3.8) is 0 Å². The lowest BCUT2D eigenvalue weighted by Crippen LogP contribution is -2.39. The molecular formula is C16H23N5O2S. The smallest absolute Gasteiger partial charge is 0.282 e. The van der Waals surface area contributed by atoms with Gasteiger partial charge in [-0.1, -0.05) is 6.07 Å². The molecule has 0 radical (unpaired) electrons. The molecule has 0 N–H and O–H groups in total. The third-order valence-electron chi connectivity index (χ3n) is 4.56. The van der Waals surface area contributed by atoms with Gasteiger partial charge in [-0.2, -0.15) is 17.0 Å². The van der Waals surface area contributed by atoms with Gasteiger partial charge in [0.2, 0.25) is 0 Å². The van der Waals surface area contributed by atoms with Crippen LogP contribution in [0.4, 0.5) is 0 Å². The summed E-state index contributed by atoms with van der Waals surface area (Å²) in [7, 11) is 1.63. The van der Waals surface area contributed by atoms with Gasteiger partial charge in [0, 0.05) is 27.7 Å². The first kappa shape index (κ1) is 17.1. The van der Waals surface area contributed by atoms with Gasteiger partial charge in [0.25, 0.3) is 10.2 Å². The molecule has 1 fully saturated rings. The van der Waals surface area contributed by atoms with Crippen molar-refractivity contribution >= 4 is 10.2 Å². The van der Waals surface area contributed by atoms with Gasteiger partial charge in [0.1, 0.15) is 5.82 Å². The summed E-state index contributed by atoms with van der Waals surface area (Å²) in [6.07, 6.45) is 3.42. The lowest BCUT2D eigenvalue weighted by Gasteiger charge is -2.26. The zero-order valence-electron chi connectivity index (χ0n) is 14.5. The quantitative estimate of drug-likeness (QED) is 0.843. The zero-order chi connectivity index (χ0) is 17.5. The average Bonchev–Trinajstić information content (AvgIpc) is 3.16. The second-order valence-corrected chi connectivity index (χ2v) is 8.35. The van der Waals surface area contributed by atoms with E-state index in [4.69, 9.17) is 4.98 Å². The van der Waals surface area contributed by atoms with Gasteiger partial charge >= 0.3 is 0 Å². The van der Waals surface area contributed by atoms with Crippen molar-refractivity contribution in [2.24, 2.45) is 7.05 Å². The van der Waals surface area contributed by atoms with E-state index in [-0.39, 0.29) is 6.04 Å². The molecule has 2 aromatic heterocycles. The summed E-state index contributed by atoms with van der Waals surface area (Å²) in [5.41, 5.74) is 2.52. The molecule has 1 aliphatic heterocycles. The van der Waals surface area contributed by atoms with E-state index in [1.807, 2.05) is 36.7 Å². The Morgan fingerprint density at radius 2 is 2.04 bits per heavy atom. The Hall–Kier alpha value is -1.77. The summed E-state index contributed by atoms with van der Waals surface area (Å²) >= 11 is 0. The first-order chi connectivity index (χ1) is 11.3. The number of rotatable bonds is 4. The van der Waals surface area contributed by atoms with E-state index in [1.165, 1.54) is 4.31 Å². The molecule has 1 aliphatic rings. The second kappa shape index (κ2) is 6.27. The first-order valence-electron chi connectivity index (χ1n) is 7.97. The Balaban J connectivity index is 1.98. The summed E-state index contributed by atoms with van der Waals surface area (Å²) in [5, 5.41) is 0. The van der Waals surface area contributed by atoms with Gasteiger partial charge in [-0.05, 0) is 31.9 Å². The highest BCUT2D eigenvalue weighted by atomic mass is 32.2. The van der Waals surface area contributed by atoms with Gasteiger partial charge in [-0.3, -0.25) is 0 Å². The highest BCUT2D eigenvalue weighted by molar-refractivity contribution is 7.86. The molecule has 2 aromatic rings. The summed E-state index contributed by atoms with van der Waals surface area (Å²) in [6, 6.07) is 5.55. The third-order valence-corrected chi connectivity index (χ3v) is 6.51. The fourth-order valence-corrected chi connectivity index (χ4v) is 4.36. The van der Waals surface area contributed by atoms with Crippen molar-refractivity contribution < 1.29 is 8.42 Å². The van der Waals surface area contributed by atoms with Crippen LogP contribution >= 0.6 is 0 Å². The van der Waals surface area contributed by atoms with E-state index < -0.39 is 10.2 Å². The maximum atomic E-state index is 12.5. The van der Waals surface area contributed by atoms with Crippen LogP contribution in [0.2, 0.25) is 0 Å². The molecule has 7 nitrogen and oxygen atoms in total. The minimum atomic E-state index is -3.45. The minimum absolute atomic E-state index is 0.216. The summed E-state index contributed by atoms with van der Waals surface area (Å²) in [4.78, 5) is 9.04. The normalized spacial score (nSPS) is 19.3. The average molecular weight is 349 g/mol. The summed E-state index contributed by atoms with van der Waals surface area (Å²) in [6.45, 7) is 2.47. The number of pyridine rings is 1. The predicted molar refractivity (Wildman–Crippen MR) is 92.5 cm³/mol. The van der Waals surface area contributed by atoms with Crippen molar-refractivity contribution in [3.8, 4) is 11.4 Å². The van der Waals surface area contributed by atoms with E-state index in [9.17, 15) is 8.42 Å². The lowest BCUT2D eigenvalue weighted by molar-refractivity contribution is 0.358. The molecule has 0 aromatic carbocycles. The molecule has 0 bridgehead atoms. The first-order valence-corrected chi connectivity index (χ1v) is 9.37. The molecule has 1 atom stereocenters. The molecule has 0 amide bonds. The van der Waals surface area contributed by atoms with E-state index in [2.05, 4.69) is 4.98 Å². The Morgan fingerprint density at radius 1 is 1.29 bits per heavy atom. The zero-order valence-corrected chi connectivity index (χ0v) is 15.3. The number of imidazole rings is 1. The second-order valence-electron chi connectivity index (χ2n) is 6.26. The Kier molecular flexibility index (Phi) is 4.46. The maximum Gasteiger partial charge on any atom is 0.282 e. The molecule has 3 rings (SSSR count). The highest BCUT2D eigenvalue weighted by Gasteiger charge is 2.37. The van der Waals surface area contributed by atoms with Crippen molar-refractivity contribution in [2.45, 2.75) is 25.8 Å². The number of hydrogen-bond donors (Lipinski definition) is 0. The van der Waals surface area contributed by atoms with E-state index in [0.717, 1.165) is 35.7 Å². The fourth-order valence-electron chi connectivity index (χ4n) is 3.04. The van der Waals surface area contributed by atoms with Crippen LogP contribution in [0.5, 0.6) is 0 Å². The van der Waals surface area contributed by atoms with E-state index >= 15 is 0 Å². The van der Waals surface area contributed by atoms with Crippen molar-refractivity contribution in [1.82, 2.24) is 23.1 Å². The molecule has 1 saturated heterocycles. The molecule has 8 heteroatoms. The molecule has 24 heavy (non-hydrogen) atoms. The van der Waals surface area contributed by atoms with Crippen LogP contribution in [-0.4, -0.2) is 52.2 Å². The largest absolute Gasteiger partial charge is 0.330 e. The van der Waals surface area contributed by atoms with Crippen LogP contribution < -0.4 is 0 Å². The monoisotopic (exact) mass is 349 g/mol. The fraction of sp³-hybridized carbons (Fsp3) is 0.500. The third kappa shape index (κ3) is 2.85. The molecule has 0 saturated carbocycles. The number of aromatic nitrogens is 3. The van der Waals surface area contributed by atoms with E-state index in [1.54, 1.807) is 24.6 Å². The van der Waals surface area contributed by atoms with Crippen LogP contribution in [0.25, 0.3) is 11.4 Å². The molecule has 130 valence electrons. The Morgan fingerprint density at radius 3 is 2.67 bits per heavy atom. The van der Waals surface area contributed by atoms with Gasteiger partial charge in [-0.25, -0.2) is 9.97 Å². The highest BCUT2D eigenvalue weighted by Crippen LogP contribution is 2.34. The molecule has 0 unspecified atom stereocenters. The van der Waals surface area contributed by atoms with Crippen molar-refractivity contribution in [2.75, 3.05) is 20.6 Å². The standard InChI is InChI=1S/C16H23N5O2S/c1-12-17-11-16(20(12)4)14-8-5-7-13(18-14)15-9-6-10-21(15)24(22,23)19(2)3/h5,7-8,11,15H,6,9-10H2,1-4H3/t15-/m1/s1. The van der Waals surface area contributed by atoms with Gasteiger partial charge in [0.05, 0.1) is 29.3 Å². The van der Waals surface area contributed by atoms with Gasteiger partial charge < -0.3 is 4.57 Å². The van der Waals surface area contributed by atoms with Crippen molar-refractivity contribution in [3.05, 3.63) is 35.9 Å². The topological polar surface area (TPSA) is 71.3 Å². The molecule has 3 heterocycles. The van der Waals surface area contributed by atoms with E-state index in [0.29, 0.717) is 6.54 Å². The SMILES string of the molecule is Cc1ncc(-c2cccc([C@H]3CCCN3S(=O)(=O)N(C)C)n2)n1C. The van der Waals surface area contributed by atoms with Crippen LogP contribution in [0.1, 0.15) is 30.4 Å². The van der Waals surface area contributed by atoms with Crippen LogP contribution in [-0.2, 0) is 17.3 Å². The van der Waals surface area contributed by atoms with Gasteiger partial charge in [-0.15, -0.1) is 0 Å². The Bertz CT molecular complexity index is 844. The predicted octanol–water partition coefficient (Wildman–Crippen LogP) is 1.73. The maximum absolute atomic E-state index is 12.5. The molecule has 0 aliphatic carbocycles. The minimum Gasteiger partial charge on any atom is -0.330 e. The van der Waals surface area contributed by atoms with Crippen molar-refractivity contribution in [1.29, 1.82) is 0 Å². The number of nitrogens with zero attached hydrogens (tertiary/aromatic N) is 5. The van der Waals surface area contributed by atoms with Crippen LogP contribution in [0, 0.1) is 6.92 Å². The van der Waals surface area contributed by atoms with Crippen LogP contribution in [0.15, 0.2) is 24.4 Å². The summed E-state index contributed by atoms with van der Waals surface area (Å²) in [5.74, 6) is 0.912.